The van der Waals surface area contributed by atoms with Crippen LogP contribution in [-0.4, -0.2) is 38.6 Å². The van der Waals surface area contributed by atoms with Crippen molar-refractivity contribution in [2.45, 2.75) is 18.9 Å². The van der Waals surface area contributed by atoms with Gasteiger partial charge >= 0.3 is 5.97 Å². The van der Waals surface area contributed by atoms with Gasteiger partial charge < -0.3 is 19.1 Å². The maximum absolute atomic E-state index is 12.6. The van der Waals surface area contributed by atoms with Crippen LogP contribution in [0.15, 0.2) is 48.2 Å². The first-order valence-electron chi connectivity index (χ1n) is 9.20. The third-order valence-corrected chi connectivity index (χ3v) is 4.76. The molecule has 0 aliphatic carbocycles. The van der Waals surface area contributed by atoms with Crippen LogP contribution in [0.4, 0.5) is 5.69 Å². The van der Waals surface area contributed by atoms with Crippen molar-refractivity contribution in [2.75, 3.05) is 25.6 Å². The number of hydrogen-bond acceptors (Lipinski definition) is 6. The molecule has 0 aromatic heterocycles. The summed E-state index contributed by atoms with van der Waals surface area (Å²) in [4.78, 5) is 26.7. The standard InChI is InChI=1S/C22H21NO5/c1-23(2)15-7-5-14(6-8-15)12-20-21(24)17-10-9-16(13-19(17)28-20)27-22(25)18-4-3-11-26-18/h5-10,12-13,18H,3-4,11H2,1-2H3/b20-12-. The molecule has 4 rings (SSSR count). The van der Waals surface area contributed by atoms with Gasteiger partial charge in [-0.2, -0.15) is 0 Å². The van der Waals surface area contributed by atoms with Crippen LogP contribution >= 0.6 is 0 Å². The van der Waals surface area contributed by atoms with Crippen molar-refractivity contribution in [1.29, 1.82) is 0 Å². The number of anilines is 1. The van der Waals surface area contributed by atoms with Gasteiger partial charge in [0.15, 0.2) is 11.9 Å². The molecular weight excluding hydrogens is 358 g/mol. The van der Waals surface area contributed by atoms with Crippen molar-refractivity contribution >= 4 is 23.5 Å². The Hall–Kier alpha value is -3.12. The van der Waals surface area contributed by atoms with Gasteiger partial charge in [-0.25, -0.2) is 4.79 Å². The average Bonchev–Trinajstić information content (AvgIpc) is 3.31. The fraction of sp³-hybridized carbons (Fsp3) is 0.273. The fourth-order valence-electron chi connectivity index (χ4n) is 3.20. The Bertz CT molecular complexity index is 940. The Labute approximate surface area is 163 Å². The predicted molar refractivity (Wildman–Crippen MR) is 105 cm³/mol. The van der Waals surface area contributed by atoms with Crippen LogP contribution < -0.4 is 14.4 Å². The molecule has 6 heteroatoms. The minimum atomic E-state index is -0.517. The van der Waals surface area contributed by atoms with Gasteiger partial charge in [0, 0.05) is 32.5 Å². The fourth-order valence-corrected chi connectivity index (χ4v) is 3.20. The van der Waals surface area contributed by atoms with Gasteiger partial charge in [-0.15, -0.1) is 0 Å². The smallest absolute Gasteiger partial charge is 0.340 e. The number of ether oxygens (including phenoxy) is 3. The highest BCUT2D eigenvalue weighted by Crippen LogP contribution is 2.35. The number of fused-ring (bicyclic) bond motifs is 1. The summed E-state index contributed by atoms with van der Waals surface area (Å²) in [7, 11) is 3.94. The normalized spacial score (nSPS) is 19.4. The monoisotopic (exact) mass is 379 g/mol. The molecule has 144 valence electrons. The molecule has 1 atom stereocenters. The summed E-state index contributed by atoms with van der Waals surface area (Å²) in [6.07, 6.45) is 2.71. The topological polar surface area (TPSA) is 65.1 Å². The second-order valence-electron chi connectivity index (χ2n) is 7.01. The van der Waals surface area contributed by atoms with Crippen LogP contribution in [0.1, 0.15) is 28.8 Å². The second kappa shape index (κ2) is 7.48. The van der Waals surface area contributed by atoms with Crippen molar-refractivity contribution in [3.63, 3.8) is 0 Å². The Morgan fingerprint density at radius 2 is 1.96 bits per heavy atom. The summed E-state index contributed by atoms with van der Waals surface area (Å²) in [6, 6.07) is 12.6. The first-order chi connectivity index (χ1) is 13.5. The van der Waals surface area contributed by atoms with Crippen molar-refractivity contribution in [1.82, 2.24) is 0 Å². The molecule has 2 aliphatic rings. The quantitative estimate of drug-likeness (QED) is 0.461. The molecule has 6 nitrogen and oxygen atoms in total. The molecule has 0 bridgehead atoms. The van der Waals surface area contributed by atoms with Crippen molar-refractivity contribution in [2.24, 2.45) is 0 Å². The molecule has 1 unspecified atom stereocenters. The third-order valence-electron chi connectivity index (χ3n) is 4.76. The maximum Gasteiger partial charge on any atom is 0.340 e. The Kier molecular flexibility index (Phi) is 4.88. The number of Topliss-reactive ketones (excluding diaryl/α,β-unsaturated/α-hetero) is 1. The Morgan fingerprint density at radius 1 is 1.18 bits per heavy atom. The van der Waals surface area contributed by atoms with E-state index in [2.05, 4.69) is 0 Å². The van der Waals surface area contributed by atoms with Crippen LogP contribution in [-0.2, 0) is 9.53 Å². The minimum absolute atomic E-state index is 0.191. The van der Waals surface area contributed by atoms with E-state index in [0.29, 0.717) is 30.1 Å². The van der Waals surface area contributed by atoms with E-state index >= 15 is 0 Å². The molecule has 0 saturated carbocycles. The summed E-state index contributed by atoms with van der Waals surface area (Å²) >= 11 is 0. The lowest BCUT2D eigenvalue weighted by molar-refractivity contribution is -0.144. The Balaban J connectivity index is 1.50. The predicted octanol–water partition coefficient (Wildman–Crippen LogP) is 3.45. The molecule has 28 heavy (non-hydrogen) atoms. The highest BCUT2D eigenvalue weighted by molar-refractivity contribution is 6.14. The SMILES string of the molecule is CN(C)c1ccc(/C=C2\Oc3cc(OC(=O)C4CCCO4)ccc3C2=O)cc1. The van der Waals surface area contributed by atoms with Crippen LogP contribution in [0.2, 0.25) is 0 Å². The number of allylic oxidation sites excluding steroid dienone is 1. The average molecular weight is 379 g/mol. The van der Waals surface area contributed by atoms with Crippen molar-refractivity contribution in [3.05, 3.63) is 59.4 Å². The van der Waals surface area contributed by atoms with E-state index in [1.54, 1.807) is 24.3 Å². The van der Waals surface area contributed by atoms with Gasteiger partial charge in [0.2, 0.25) is 5.78 Å². The molecule has 2 heterocycles. The first kappa shape index (κ1) is 18.3. The van der Waals surface area contributed by atoms with Crippen molar-refractivity contribution < 1.29 is 23.8 Å². The number of esters is 1. The van der Waals surface area contributed by atoms with Gasteiger partial charge in [-0.3, -0.25) is 4.79 Å². The summed E-state index contributed by atoms with van der Waals surface area (Å²) in [5, 5.41) is 0. The zero-order valence-electron chi connectivity index (χ0n) is 15.8. The van der Waals surface area contributed by atoms with Gasteiger partial charge in [0.25, 0.3) is 0 Å². The number of carbonyl (C=O) groups is 2. The zero-order valence-corrected chi connectivity index (χ0v) is 15.8. The molecule has 0 spiro atoms. The molecule has 1 fully saturated rings. The summed E-state index contributed by atoms with van der Waals surface area (Å²) in [5.74, 6) is 0.361. The van der Waals surface area contributed by atoms with Gasteiger partial charge in [-0.05, 0) is 48.7 Å². The second-order valence-corrected chi connectivity index (χ2v) is 7.01. The lowest BCUT2D eigenvalue weighted by Gasteiger charge is -2.11. The van der Waals surface area contributed by atoms with E-state index in [1.165, 1.54) is 0 Å². The van der Waals surface area contributed by atoms with E-state index in [-0.39, 0.29) is 11.5 Å². The molecule has 2 aliphatic heterocycles. The lowest BCUT2D eigenvalue weighted by Crippen LogP contribution is -2.24. The van der Waals surface area contributed by atoms with Crippen LogP contribution in [0.5, 0.6) is 11.5 Å². The molecule has 0 N–H and O–H groups in total. The molecule has 0 radical (unpaired) electrons. The summed E-state index contributed by atoms with van der Waals surface area (Å²) in [6.45, 7) is 0.575. The lowest BCUT2D eigenvalue weighted by atomic mass is 10.1. The van der Waals surface area contributed by atoms with Crippen molar-refractivity contribution in [3.8, 4) is 11.5 Å². The molecule has 2 aromatic carbocycles. The maximum atomic E-state index is 12.6. The highest BCUT2D eigenvalue weighted by atomic mass is 16.6. The van der Waals surface area contributed by atoms with E-state index in [9.17, 15) is 9.59 Å². The number of carbonyl (C=O) groups excluding carboxylic acids is 2. The van der Waals surface area contributed by atoms with Gasteiger partial charge in [0.05, 0.1) is 5.56 Å². The van der Waals surface area contributed by atoms with Crippen LogP contribution in [0.25, 0.3) is 6.08 Å². The van der Waals surface area contributed by atoms with E-state index in [4.69, 9.17) is 14.2 Å². The molecule has 2 aromatic rings. The van der Waals surface area contributed by atoms with E-state index in [0.717, 1.165) is 17.7 Å². The number of nitrogens with zero attached hydrogens (tertiary/aromatic N) is 1. The van der Waals surface area contributed by atoms with E-state index in [1.807, 2.05) is 43.3 Å². The molecular formula is C22H21NO5. The molecule has 0 amide bonds. The number of hydrogen-bond donors (Lipinski definition) is 0. The van der Waals surface area contributed by atoms with E-state index < -0.39 is 12.1 Å². The largest absolute Gasteiger partial charge is 0.452 e. The number of rotatable bonds is 4. The highest BCUT2D eigenvalue weighted by Gasteiger charge is 2.29. The van der Waals surface area contributed by atoms with Gasteiger partial charge in [-0.1, -0.05) is 12.1 Å². The number of benzene rings is 2. The van der Waals surface area contributed by atoms with Gasteiger partial charge in [0.1, 0.15) is 11.5 Å². The van der Waals surface area contributed by atoms with Crippen LogP contribution in [0.3, 0.4) is 0 Å². The number of ketones is 1. The summed E-state index contributed by atoms with van der Waals surface area (Å²) < 4.78 is 16.4. The Morgan fingerprint density at radius 3 is 2.64 bits per heavy atom. The zero-order chi connectivity index (χ0) is 19.7. The first-order valence-corrected chi connectivity index (χ1v) is 9.20. The third kappa shape index (κ3) is 3.64. The minimum Gasteiger partial charge on any atom is -0.452 e. The van der Waals surface area contributed by atoms with Crippen LogP contribution in [0, 0.1) is 0 Å². The molecule has 1 saturated heterocycles. The summed E-state index contributed by atoms with van der Waals surface area (Å²) in [5.41, 5.74) is 2.39.